The number of ether oxygens (including phenoxy) is 4. The predicted molar refractivity (Wildman–Crippen MR) is 418 cm³/mol. The molecule has 19 heteroatoms. The maximum Gasteiger partial charge on any atom is 0.472 e. The zero-order chi connectivity index (χ0) is 74.9. The number of carbonyl (C=O) groups excluding carboxylic acids is 4. The molecule has 102 heavy (non-hydrogen) atoms. The summed E-state index contributed by atoms with van der Waals surface area (Å²) in [5.74, 6) is -0.501. The van der Waals surface area contributed by atoms with E-state index in [2.05, 4.69) is 41.5 Å². The van der Waals surface area contributed by atoms with E-state index in [0.717, 1.165) is 102 Å². The molecule has 0 aliphatic heterocycles. The van der Waals surface area contributed by atoms with Crippen molar-refractivity contribution in [3.8, 4) is 0 Å². The van der Waals surface area contributed by atoms with Crippen molar-refractivity contribution in [1.29, 1.82) is 0 Å². The molecule has 0 aliphatic carbocycles. The largest absolute Gasteiger partial charge is 0.472 e. The SMILES string of the molecule is CCCCCCCCCCCCCCCCCC(=O)O[C@H](COC(=O)CCCCCCCCCCCCCC)COP(=O)(O)OC[C@H](O)COP(=O)(O)OC[C@@H](COC(=O)CCCCCCCCCCCCCCCCC(C)C)OC(=O)CCCCCCCCCCCCCCCCCC(C)C. The number of rotatable bonds is 82. The van der Waals surface area contributed by atoms with Crippen LogP contribution < -0.4 is 0 Å². The lowest BCUT2D eigenvalue weighted by Gasteiger charge is -2.21. The van der Waals surface area contributed by atoms with Crippen LogP contribution in [-0.4, -0.2) is 96.7 Å². The third-order valence-corrected chi connectivity index (χ3v) is 21.4. The Bertz CT molecular complexity index is 1960. The number of esters is 4. The lowest BCUT2D eigenvalue weighted by atomic mass is 10.0. The van der Waals surface area contributed by atoms with Gasteiger partial charge in [-0.3, -0.25) is 37.3 Å². The highest BCUT2D eigenvalue weighted by atomic mass is 31.2. The Labute approximate surface area is 626 Å². The zero-order valence-corrected chi connectivity index (χ0v) is 68.7. The summed E-state index contributed by atoms with van der Waals surface area (Å²) in [6, 6.07) is 0. The first-order valence-electron chi connectivity index (χ1n) is 43.0. The topological polar surface area (TPSA) is 237 Å². The smallest absolute Gasteiger partial charge is 0.462 e. The molecule has 3 N–H and O–H groups in total. The summed E-state index contributed by atoms with van der Waals surface area (Å²) in [5, 5.41) is 10.7. The Balaban J connectivity index is 5.26. The number of phosphoric ester groups is 2. The van der Waals surface area contributed by atoms with E-state index in [1.807, 2.05) is 0 Å². The van der Waals surface area contributed by atoms with Gasteiger partial charge in [0.25, 0.3) is 0 Å². The summed E-state index contributed by atoms with van der Waals surface area (Å²) in [5.41, 5.74) is 0. The van der Waals surface area contributed by atoms with E-state index >= 15 is 0 Å². The van der Waals surface area contributed by atoms with Crippen LogP contribution in [0.5, 0.6) is 0 Å². The van der Waals surface area contributed by atoms with Gasteiger partial charge < -0.3 is 33.8 Å². The van der Waals surface area contributed by atoms with Crippen molar-refractivity contribution in [2.45, 2.75) is 458 Å². The maximum atomic E-state index is 13.1. The molecule has 0 amide bonds. The quantitative estimate of drug-likeness (QED) is 0.0222. The summed E-state index contributed by atoms with van der Waals surface area (Å²) in [6.07, 6.45) is 65.0. The molecule has 0 radical (unpaired) electrons. The summed E-state index contributed by atoms with van der Waals surface area (Å²) < 4.78 is 68.8. The number of aliphatic hydroxyl groups excluding tert-OH is 1. The van der Waals surface area contributed by atoms with Gasteiger partial charge in [0.15, 0.2) is 12.2 Å². The molecular weight excluding hydrogens is 1330 g/mol. The molecule has 0 heterocycles. The average Bonchev–Trinajstić information content (AvgIpc) is 0.920. The summed E-state index contributed by atoms with van der Waals surface area (Å²) in [7, 11) is -9.92. The molecule has 2 unspecified atom stereocenters. The molecular formula is C83H162O17P2. The molecule has 606 valence electrons. The van der Waals surface area contributed by atoms with Crippen LogP contribution in [0.25, 0.3) is 0 Å². The molecule has 0 rings (SSSR count). The Morgan fingerprint density at radius 1 is 0.265 bits per heavy atom. The molecule has 0 aromatic rings. The van der Waals surface area contributed by atoms with Crippen LogP contribution in [0.3, 0.4) is 0 Å². The molecule has 5 atom stereocenters. The van der Waals surface area contributed by atoms with E-state index in [0.29, 0.717) is 25.7 Å². The number of unbranched alkanes of at least 4 members (excludes halogenated alkanes) is 52. The van der Waals surface area contributed by atoms with E-state index in [4.69, 9.17) is 37.0 Å². The van der Waals surface area contributed by atoms with Gasteiger partial charge >= 0.3 is 39.5 Å². The molecule has 17 nitrogen and oxygen atoms in total. The highest BCUT2D eigenvalue weighted by Crippen LogP contribution is 2.45. The van der Waals surface area contributed by atoms with Crippen molar-refractivity contribution >= 4 is 39.5 Å². The zero-order valence-electron chi connectivity index (χ0n) is 66.9. The summed E-state index contributed by atoms with van der Waals surface area (Å²) >= 11 is 0. The van der Waals surface area contributed by atoms with Gasteiger partial charge in [0.05, 0.1) is 26.4 Å². The fourth-order valence-electron chi connectivity index (χ4n) is 12.9. The minimum Gasteiger partial charge on any atom is -0.462 e. The van der Waals surface area contributed by atoms with Crippen molar-refractivity contribution in [2.75, 3.05) is 39.6 Å². The van der Waals surface area contributed by atoms with E-state index < -0.39 is 97.5 Å². The normalized spacial score (nSPS) is 13.9. The fraction of sp³-hybridized carbons (Fsp3) is 0.952. The number of hydrogen-bond acceptors (Lipinski definition) is 15. The standard InChI is InChI=1S/C83H162O17P2/c1-7-9-11-13-15-17-19-21-23-31-37-43-49-55-61-67-82(87)99-78(71-93-80(85)65-59-53-47-41-35-20-18-16-14-12-10-8-2)73-97-101(89,90)95-69-77(84)70-96-102(91,92)98-74-79(72-94-81(86)66-60-54-48-42-36-30-27-26-29-34-40-46-52-58-64-76(5)6)100-83(88)68-62-56-50-44-38-32-25-22-24-28-33-39-45-51-57-63-75(3)4/h75-79,84H,7-74H2,1-6H3,(H,89,90)(H,91,92)/t77-,78+,79+/m0/s1. The highest BCUT2D eigenvalue weighted by Gasteiger charge is 2.30. The van der Waals surface area contributed by atoms with Crippen molar-refractivity contribution in [3.63, 3.8) is 0 Å². The van der Waals surface area contributed by atoms with E-state index in [1.54, 1.807) is 0 Å². The van der Waals surface area contributed by atoms with E-state index in [-0.39, 0.29) is 25.7 Å². The lowest BCUT2D eigenvalue weighted by molar-refractivity contribution is -0.161. The van der Waals surface area contributed by atoms with Crippen LogP contribution in [0.4, 0.5) is 0 Å². The number of hydrogen-bond donors (Lipinski definition) is 3. The first-order valence-corrected chi connectivity index (χ1v) is 46.0. The number of aliphatic hydroxyl groups is 1. The molecule has 0 aromatic heterocycles. The van der Waals surface area contributed by atoms with E-state index in [1.165, 1.54) is 257 Å². The first kappa shape index (κ1) is 100. The fourth-order valence-corrected chi connectivity index (χ4v) is 14.5. The molecule has 0 aliphatic rings. The molecule has 0 aromatic carbocycles. The second kappa shape index (κ2) is 74.5. The van der Waals surface area contributed by atoms with Crippen LogP contribution in [0, 0.1) is 11.8 Å². The molecule has 0 bridgehead atoms. The van der Waals surface area contributed by atoms with Gasteiger partial charge in [-0.15, -0.1) is 0 Å². The Morgan fingerprint density at radius 2 is 0.451 bits per heavy atom. The van der Waals surface area contributed by atoms with E-state index in [9.17, 15) is 43.2 Å². The number of carbonyl (C=O) groups is 4. The lowest BCUT2D eigenvalue weighted by Crippen LogP contribution is -2.30. The second-order valence-corrected chi connectivity index (χ2v) is 33.7. The van der Waals surface area contributed by atoms with Gasteiger partial charge in [0, 0.05) is 25.7 Å². The Morgan fingerprint density at radius 3 is 0.667 bits per heavy atom. The Kier molecular flexibility index (Phi) is 73.1. The summed E-state index contributed by atoms with van der Waals surface area (Å²) in [4.78, 5) is 73.1. The third kappa shape index (κ3) is 76.3. The van der Waals surface area contributed by atoms with Gasteiger partial charge in [-0.25, -0.2) is 9.13 Å². The average molecular weight is 1490 g/mol. The second-order valence-electron chi connectivity index (χ2n) is 30.8. The van der Waals surface area contributed by atoms with Crippen LogP contribution in [-0.2, 0) is 65.4 Å². The minimum absolute atomic E-state index is 0.108. The van der Waals surface area contributed by atoms with Crippen molar-refractivity contribution in [3.05, 3.63) is 0 Å². The molecule has 0 spiro atoms. The van der Waals surface area contributed by atoms with Crippen molar-refractivity contribution in [1.82, 2.24) is 0 Å². The predicted octanol–water partition coefficient (Wildman–Crippen LogP) is 25.1. The maximum absolute atomic E-state index is 13.1. The van der Waals surface area contributed by atoms with Crippen LogP contribution >= 0.6 is 15.6 Å². The van der Waals surface area contributed by atoms with Gasteiger partial charge in [-0.05, 0) is 37.5 Å². The molecule has 0 saturated heterocycles. The van der Waals surface area contributed by atoms with Crippen LogP contribution in [0.15, 0.2) is 0 Å². The third-order valence-electron chi connectivity index (χ3n) is 19.5. The van der Waals surface area contributed by atoms with Gasteiger partial charge in [-0.2, -0.15) is 0 Å². The van der Waals surface area contributed by atoms with Crippen LogP contribution in [0.2, 0.25) is 0 Å². The van der Waals surface area contributed by atoms with Gasteiger partial charge in [0.1, 0.15) is 19.3 Å². The minimum atomic E-state index is -4.96. The van der Waals surface area contributed by atoms with Crippen molar-refractivity contribution < 1.29 is 80.2 Å². The van der Waals surface area contributed by atoms with Crippen LogP contribution in [0.1, 0.15) is 440 Å². The summed E-state index contributed by atoms with van der Waals surface area (Å²) in [6.45, 7) is 9.71. The highest BCUT2D eigenvalue weighted by molar-refractivity contribution is 7.47. The molecule has 0 fully saturated rings. The van der Waals surface area contributed by atoms with Crippen molar-refractivity contribution in [2.24, 2.45) is 11.8 Å². The first-order chi connectivity index (χ1) is 49.4. The van der Waals surface area contributed by atoms with Gasteiger partial charge in [0.2, 0.25) is 0 Å². The Hall–Kier alpha value is -1.94. The number of phosphoric acid groups is 2. The molecule has 0 saturated carbocycles. The monoisotopic (exact) mass is 1490 g/mol. The van der Waals surface area contributed by atoms with Gasteiger partial charge in [-0.1, -0.05) is 388 Å².